The summed E-state index contributed by atoms with van der Waals surface area (Å²) in [5, 5.41) is 3.18. The van der Waals surface area contributed by atoms with E-state index in [0.29, 0.717) is 0 Å². The molecule has 0 radical (unpaired) electrons. The summed E-state index contributed by atoms with van der Waals surface area (Å²) in [6, 6.07) is 10.1. The summed E-state index contributed by atoms with van der Waals surface area (Å²) in [6.45, 7) is 2.15. The number of fused-ring (bicyclic) bond motifs is 2. The van der Waals surface area contributed by atoms with E-state index in [1.807, 2.05) is 24.4 Å². The van der Waals surface area contributed by atoms with Crippen LogP contribution < -0.4 is 0 Å². The Balaban J connectivity index is 2.05. The minimum Gasteiger partial charge on any atom is -0.345 e. The van der Waals surface area contributed by atoms with Gasteiger partial charge < -0.3 is 4.98 Å². The zero-order chi connectivity index (χ0) is 13.7. The van der Waals surface area contributed by atoms with E-state index in [2.05, 4.69) is 29.0 Å². The van der Waals surface area contributed by atoms with Gasteiger partial charge in [-0.1, -0.05) is 11.6 Å². The highest BCUT2D eigenvalue weighted by molar-refractivity contribution is 7.22. The molecule has 0 spiro atoms. The van der Waals surface area contributed by atoms with Gasteiger partial charge in [-0.05, 0) is 48.2 Å². The van der Waals surface area contributed by atoms with E-state index < -0.39 is 0 Å². The summed E-state index contributed by atoms with van der Waals surface area (Å²) in [5.41, 5.74) is 3.41. The Kier molecular flexibility index (Phi) is 2.59. The van der Waals surface area contributed by atoms with Gasteiger partial charge in [-0.2, -0.15) is 0 Å². The van der Waals surface area contributed by atoms with Gasteiger partial charge in [0.15, 0.2) is 0 Å². The van der Waals surface area contributed by atoms with Crippen molar-refractivity contribution in [3.63, 3.8) is 0 Å². The van der Waals surface area contributed by atoms with Crippen LogP contribution in [0.25, 0.3) is 31.6 Å². The van der Waals surface area contributed by atoms with Gasteiger partial charge in [-0.15, -0.1) is 11.3 Å². The Morgan fingerprint density at radius 3 is 3.00 bits per heavy atom. The molecular formula is C16H11ClN2S. The number of H-pyrrole nitrogens is 1. The van der Waals surface area contributed by atoms with E-state index in [-0.39, 0.29) is 0 Å². The van der Waals surface area contributed by atoms with Crippen LogP contribution >= 0.6 is 22.9 Å². The highest BCUT2D eigenvalue weighted by atomic mass is 35.5. The van der Waals surface area contributed by atoms with Gasteiger partial charge >= 0.3 is 0 Å². The van der Waals surface area contributed by atoms with Gasteiger partial charge in [0.05, 0.1) is 0 Å². The number of hydrogen-bond acceptors (Lipinski definition) is 2. The molecule has 2 nitrogen and oxygen atoms in total. The molecule has 4 heteroatoms. The van der Waals surface area contributed by atoms with Crippen molar-refractivity contribution in [3.8, 4) is 10.4 Å². The number of nitrogens with one attached hydrogen (secondary N) is 1. The molecule has 20 heavy (non-hydrogen) atoms. The fraction of sp³-hybridized carbons (Fsp3) is 0.0625. The first-order chi connectivity index (χ1) is 9.74. The molecule has 0 aliphatic carbocycles. The van der Waals surface area contributed by atoms with Crippen LogP contribution in [-0.4, -0.2) is 9.97 Å². The highest BCUT2D eigenvalue weighted by Crippen LogP contribution is 2.41. The monoisotopic (exact) mass is 298 g/mol. The molecule has 4 rings (SSSR count). The van der Waals surface area contributed by atoms with E-state index in [4.69, 9.17) is 11.6 Å². The van der Waals surface area contributed by atoms with E-state index >= 15 is 0 Å². The largest absolute Gasteiger partial charge is 0.345 e. The Morgan fingerprint density at radius 1 is 1.20 bits per heavy atom. The smallest absolute Gasteiger partial charge is 0.137 e. The fourth-order valence-electron chi connectivity index (χ4n) is 2.59. The van der Waals surface area contributed by atoms with Crippen molar-refractivity contribution in [2.24, 2.45) is 0 Å². The summed E-state index contributed by atoms with van der Waals surface area (Å²) in [5.74, 6) is 0. The number of nitrogens with zero attached hydrogens (tertiary/aromatic N) is 1. The van der Waals surface area contributed by atoms with Crippen LogP contribution in [0, 0.1) is 6.92 Å². The van der Waals surface area contributed by atoms with Crippen LogP contribution in [0.3, 0.4) is 0 Å². The summed E-state index contributed by atoms with van der Waals surface area (Å²) < 4.78 is 1.26. The minimum atomic E-state index is 0.783. The average Bonchev–Trinajstić information content (AvgIpc) is 3.01. The van der Waals surface area contributed by atoms with Crippen LogP contribution in [0.1, 0.15) is 5.56 Å². The van der Waals surface area contributed by atoms with E-state index in [1.165, 1.54) is 26.1 Å². The molecule has 0 bridgehead atoms. The third-order valence-electron chi connectivity index (χ3n) is 3.59. The molecule has 0 fully saturated rings. The molecule has 0 aliphatic rings. The minimum absolute atomic E-state index is 0.783. The first-order valence-corrected chi connectivity index (χ1v) is 7.54. The molecule has 3 heterocycles. The van der Waals surface area contributed by atoms with Crippen molar-refractivity contribution < 1.29 is 0 Å². The number of thiophene rings is 1. The predicted octanol–water partition coefficient (Wildman–Crippen LogP) is 5.41. The van der Waals surface area contributed by atoms with Gasteiger partial charge in [-0.25, -0.2) is 4.98 Å². The van der Waals surface area contributed by atoms with Crippen molar-refractivity contribution >= 4 is 44.1 Å². The molecule has 0 atom stereocenters. The lowest BCUT2D eigenvalue weighted by molar-refractivity contribution is 1.33. The molecule has 4 aromatic rings. The van der Waals surface area contributed by atoms with E-state index in [1.54, 1.807) is 17.5 Å². The van der Waals surface area contributed by atoms with Crippen LogP contribution in [0.15, 0.2) is 42.7 Å². The van der Waals surface area contributed by atoms with Gasteiger partial charge in [0.25, 0.3) is 0 Å². The summed E-state index contributed by atoms with van der Waals surface area (Å²) in [6.07, 6.45) is 3.84. The Bertz CT molecular complexity index is 936. The number of aromatic amines is 1. The third-order valence-corrected chi connectivity index (χ3v) is 5.14. The second-order valence-electron chi connectivity index (χ2n) is 4.80. The lowest BCUT2D eigenvalue weighted by atomic mass is 10.1. The topological polar surface area (TPSA) is 28.7 Å². The zero-order valence-electron chi connectivity index (χ0n) is 10.8. The van der Waals surface area contributed by atoms with Crippen molar-refractivity contribution in [3.05, 3.63) is 53.3 Å². The SMILES string of the molecule is Cc1c(-c2c[nH]c3ncccc23)sc2ccc(Cl)cc12. The molecule has 0 unspecified atom stereocenters. The highest BCUT2D eigenvalue weighted by Gasteiger charge is 2.14. The Labute approximate surface area is 125 Å². The Hall–Kier alpha value is -1.84. The lowest BCUT2D eigenvalue weighted by Gasteiger charge is -1.97. The predicted molar refractivity (Wildman–Crippen MR) is 86.7 cm³/mol. The molecule has 0 aliphatic heterocycles. The van der Waals surface area contributed by atoms with E-state index in [9.17, 15) is 0 Å². The fourth-order valence-corrected chi connectivity index (χ4v) is 3.99. The molecule has 3 aromatic heterocycles. The molecular weight excluding hydrogens is 288 g/mol. The Morgan fingerprint density at radius 2 is 2.10 bits per heavy atom. The van der Waals surface area contributed by atoms with Crippen LogP contribution in [0.5, 0.6) is 0 Å². The van der Waals surface area contributed by atoms with Gasteiger partial charge in [0, 0.05) is 37.9 Å². The second kappa shape index (κ2) is 4.33. The maximum absolute atomic E-state index is 6.11. The molecule has 1 N–H and O–H groups in total. The quantitative estimate of drug-likeness (QED) is 0.500. The van der Waals surface area contributed by atoms with Crippen LogP contribution in [-0.2, 0) is 0 Å². The van der Waals surface area contributed by atoms with Gasteiger partial charge in [-0.3, -0.25) is 0 Å². The van der Waals surface area contributed by atoms with Crippen molar-refractivity contribution in [2.45, 2.75) is 6.92 Å². The summed E-state index contributed by atoms with van der Waals surface area (Å²) >= 11 is 7.91. The van der Waals surface area contributed by atoms with Gasteiger partial charge in [0.2, 0.25) is 0 Å². The summed E-state index contributed by atoms with van der Waals surface area (Å²) in [4.78, 5) is 8.87. The standard InChI is InChI=1S/C16H11ClN2S/c1-9-12-7-10(17)4-5-14(12)20-15(9)13-8-19-16-11(13)3-2-6-18-16/h2-8H,1H3,(H,18,19). The first-order valence-electron chi connectivity index (χ1n) is 6.35. The molecule has 98 valence electrons. The number of aromatic nitrogens is 2. The normalized spacial score (nSPS) is 11.5. The van der Waals surface area contributed by atoms with Crippen molar-refractivity contribution in [1.29, 1.82) is 0 Å². The molecule has 0 saturated heterocycles. The zero-order valence-corrected chi connectivity index (χ0v) is 12.3. The molecule has 1 aromatic carbocycles. The van der Waals surface area contributed by atoms with E-state index in [0.717, 1.165) is 16.1 Å². The number of pyridine rings is 1. The van der Waals surface area contributed by atoms with Crippen LogP contribution in [0.4, 0.5) is 0 Å². The van der Waals surface area contributed by atoms with Crippen molar-refractivity contribution in [1.82, 2.24) is 9.97 Å². The third kappa shape index (κ3) is 1.67. The number of halogens is 1. The second-order valence-corrected chi connectivity index (χ2v) is 6.29. The molecule has 0 amide bonds. The van der Waals surface area contributed by atoms with Gasteiger partial charge in [0.1, 0.15) is 5.65 Å². The summed E-state index contributed by atoms with van der Waals surface area (Å²) in [7, 11) is 0. The first kappa shape index (κ1) is 11.9. The lowest BCUT2D eigenvalue weighted by Crippen LogP contribution is -1.76. The van der Waals surface area contributed by atoms with Crippen molar-refractivity contribution in [2.75, 3.05) is 0 Å². The molecule has 0 saturated carbocycles. The number of rotatable bonds is 1. The number of aryl methyl sites for hydroxylation is 1. The van der Waals surface area contributed by atoms with Crippen LogP contribution in [0.2, 0.25) is 5.02 Å². The number of benzene rings is 1. The maximum atomic E-state index is 6.11. The maximum Gasteiger partial charge on any atom is 0.137 e. The average molecular weight is 299 g/mol. The number of hydrogen-bond donors (Lipinski definition) is 1.